The van der Waals surface area contributed by atoms with Crippen LogP contribution in [0.3, 0.4) is 0 Å². The number of carbonyl (C=O) groups is 1. The van der Waals surface area contributed by atoms with Crippen molar-refractivity contribution < 1.29 is 19.0 Å². The summed E-state index contributed by atoms with van der Waals surface area (Å²) in [6.45, 7) is 19.3. The molecule has 0 saturated carbocycles. The minimum atomic E-state index is -0.439. The van der Waals surface area contributed by atoms with Crippen LogP contribution in [0.4, 0.5) is 4.79 Å². The summed E-state index contributed by atoms with van der Waals surface area (Å²) in [6.07, 6.45) is 1.70. The van der Waals surface area contributed by atoms with Crippen LogP contribution in [0.15, 0.2) is 0 Å². The summed E-state index contributed by atoms with van der Waals surface area (Å²) in [6, 6.07) is 0. The number of hydrogen-bond donors (Lipinski definition) is 1. The van der Waals surface area contributed by atoms with Crippen molar-refractivity contribution in [1.82, 2.24) is 10.2 Å². The van der Waals surface area contributed by atoms with Crippen LogP contribution in [0.25, 0.3) is 0 Å². The third-order valence-electron chi connectivity index (χ3n) is 3.65. The highest BCUT2D eigenvalue weighted by atomic mass is 16.6. The van der Waals surface area contributed by atoms with Gasteiger partial charge in [-0.25, -0.2) is 4.79 Å². The molecular formula is C20H42N2O4. The molecule has 1 aliphatic heterocycles. The van der Waals surface area contributed by atoms with E-state index in [0.29, 0.717) is 38.8 Å². The fourth-order valence-electron chi connectivity index (χ4n) is 2.44. The minimum absolute atomic E-state index is 0.214. The lowest BCUT2D eigenvalue weighted by atomic mass is 10.1. The first-order chi connectivity index (χ1) is 12.3. The molecule has 1 N–H and O–H groups in total. The van der Waals surface area contributed by atoms with Crippen molar-refractivity contribution in [2.24, 2.45) is 5.92 Å². The second-order valence-electron chi connectivity index (χ2n) is 7.75. The molecule has 0 atom stereocenters. The summed E-state index contributed by atoms with van der Waals surface area (Å²) in [5.41, 5.74) is -0.439. The first-order valence-electron chi connectivity index (χ1n) is 10.2. The van der Waals surface area contributed by atoms with Gasteiger partial charge in [-0.3, -0.25) is 0 Å². The molecule has 0 aliphatic carbocycles. The zero-order valence-electron chi connectivity index (χ0n) is 18.1. The molecule has 6 heteroatoms. The normalized spacial score (nSPS) is 15.6. The summed E-state index contributed by atoms with van der Waals surface area (Å²) in [5, 5.41) is 3.34. The molecule has 1 saturated heterocycles. The van der Waals surface area contributed by atoms with Gasteiger partial charge in [-0.15, -0.1) is 0 Å². The van der Waals surface area contributed by atoms with E-state index < -0.39 is 5.60 Å². The maximum Gasteiger partial charge on any atom is 0.410 e. The highest BCUT2D eigenvalue weighted by molar-refractivity contribution is 5.68. The zero-order valence-corrected chi connectivity index (χ0v) is 18.1. The van der Waals surface area contributed by atoms with E-state index in [1.54, 1.807) is 4.90 Å². The van der Waals surface area contributed by atoms with Crippen molar-refractivity contribution in [3.63, 3.8) is 0 Å². The fourth-order valence-corrected chi connectivity index (χ4v) is 2.44. The molecule has 0 radical (unpaired) electrons. The van der Waals surface area contributed by atoms with E-state index in [4.69, 9.17) is 14.2 Å². The van der Waals surface area contributed by atoms with Crippen LogP contribution in [-0.4, -0.2) is 68.7 Å². The number of nitrogens with zero attached hydrogens (tertiary/aromatic N) is 1. The summed E-state index contributed by atoms with van der Waals surface area (Å²) < 4.78 is 16.8. The first kappa shape index (κ1) is 25.1. The highest BCUT2D eigenvalue weighted by Gasteiger charge is 2.26. The van der Waals surface area contributed by atoms with Gasteiger partial charge in [0.05, 0.1) is 25.9 Å². The molecule has 0 unspecified atom stereocenters. The summed E-state index contributed by atoms with van der Waals surface area (Å²) in [5.74, 6) is 0.667. The number of rotatable bonds is 9. The summed E-state index contributed by atoms with van der Waals surface area (Å²) in [7, 11) is 0. The van der Waals surface area contributed by atoms with Gasteiger partial charge in [0.25, 0.3) is 0 Å². The number of likely N-dealkylation sites (tertiary alicyclic amines) is 1. The molecule has 0 bridgehead atoms. The second kappa shape index (κ2) is 14.2. The van der Waals surface area contributed by atoms with Gasteiger partial charge in [0, 0.05) is 19.6 Å². The Morgan fingerprint density at radius 2 is 1.73 bits per heavy atom. The Labute approximate surface area is 160 Å². The lowest BCUT2D eigenvalue weighted by molar-refractivity contribution is -0.0289. The minimum Gasteiger partial charge on any atom is -0.444 e. The van der Waals surface area contributed by atoms with E-state index in [-0.39, 0.29) is 12.2 Å². The van der Waals surface area contributed by atoms with Crippen LogP contribution in [-0.2, 0) is 14.2 Å². The van der Waals surface area contributed by atoms with Crippen molar-refractivity contribution in [3.8, 4) is 0 Å². The largest absolute Gasteiger partial charge is 0.444 e. The topological polar surface area (TPSA) is 60.0 Å². The number of piperidine rings is 1. The van der Waals surface area contributed by atoms with Crippen molar-refractivity contribution in [2.45, 2.75) is 73.0 Å². The second-order valence-corrected chi connectivity index (χ2v) is 7.75. The van der Waals surface area contributed by atoms with Gasteiger partial charge in [0.2, 0.25) is 0 Å². The molecule has 6 nitrogen and oxygen atoms in total. The number of ether oxygens (including phenoxy) is 3. The Morgan fingerprint density at radius 3 is 2.27 bits per heavy atom. The Hall–Kier alpha value is -0.850. The van der Waals surface area contributed by atoms with E-state index in [0.717, 1.165) is 25.9 Å². The van der Waals surface area contributed by atoms with Crippen LogP contribution in [0.5, 0.6) is 0 Å². The van der Waals surface area contributed by atoms with Crippen molar-refractivity contribution in [1.29, 1.82) is 0 Å². The lowest BCUT2D eigenvalue weighted by Crippen LogP contribution is -2.43. The number of nitrogens with one attached hydrogen (secondary N) is 1. The van der Waals surface area contributed by atoms with E-state index in [1.165, 1.54) is 0 Å². The van der Waals surface area contributed by atoms with Gasteiger partial charge in [-0.05, 0) is 46.1 Å². The van der Waals surface area contributed by atoms with Crippen molar-refractivity contribution in [3.05, 3.63) is 0 Å². The van der Waals surface area contributed by atoms with E-state index in [1.807, 2.05) is 34.6 Å². The molecule has 0 aromatic rings. The summed E-state index contributed by atoms with van der Waals surface area (Å²) in [4.78, 5) is 13.8. The molecule has 1 amide bonds. The SMILES string of the molecule is CC.CC(C)CNCCOCCOC1CCN(C(=O)OC(C)(C)C)CC1. The molecule has 1 fully saturated rings. The highest BCUT2D eigenvalue weighted by Crippen LogP contribution is 2.17. The lowest BCUT2D eigenvalue weighted by Gasteiger charge is -2.33. The van der Waals surface area contributed by atoms with Gasteiger partial charge in [-0.1, -0.05) is 27.7 Å². The quantitative estimate of drug-likeness (QED) is 0.624. The first-order valence-corrected chi connectivity index (χ1v) is 10.2. The zero-order chi connectivity index (χ0) is 20.0. The molecule has 1 aliphatic rings. The molecular weight excluding hydrogens is 332 g/mol. The third kappa shape index (κ3) is 13.4. The predicted molar refractivity (Wildman–Crippen MR) is 107 cm³/mol. The van der Waals surface area contributed by atoms with E-state index in [2.05, 4.69) is 19.2 Å². The Kier molecular flexibility index (Phi) is 13.8. The van der Waals surface area contributed by atoms with E-state index in [9.17, 15) is 4.79 Å². The monoisotopic (exact) mass is 374 g/mol. The standard InChI is InChI=1S/C18H36N2O4.C2H6/c1-15(2)14-19-8-11-22-12-13-23-16-6-9-20(10-7-16)17(21)24-18(3,4)5;1-2/h15-16,19H,6-14H2,1-5H3;1-2H3. The van der Waals surface area contributed by atoms with Crippen LogP contribution in [0.1, 0.15) is 61.3 Å². The number of amides is 1. The summed E-state index contributed by atoms with van der Waals surface area (Å²) >= 11 is 0. The molecule has 0 spiro atoms. The number of hydrogen-bond acceptors (Lipinski definition) is 5. The van der Waals surface area contributed by atoms with Gasteiger partial charge in [0.1, 0.15) is 5.60 Å². The molecule has 0 aromatic heterocycles. The third-order valence-corrected chi connectivity index (χ3v) is 3.65. The van der Waals surface area contributed by atoms with Gasteiger partial charge in [-0.2, -0.15) is 0 Å². The van der Waals surface area contributed by atoms with Gasteiger partial charge < -0.3 is 24.4 Å². The van der Waals surface area contributed by atoms with Gasteiger partial charge in [0.15, 0.2) is 0 Å². The van der Waals surface area contributed by atoms with Crippen molar-refractivity contribution in [2.75, 3.05) is 46.0 Å². The Morgan fingerprint density at radius 1 is 1.12 bits per heavy atom. The predicted octanol–water partition coefficient (Wildman–Crippen LogP) is 3.69. The maximum absolute atomic E-state index is 12.0. The van der Waals surface area contributed by atoms with Gasteiger partial charge >= 0.3 is 6.09 Å². The molecule has 0 aromatic carbocycles. The molecule has 1 rings (SSSR count). The van der Waals surface area contributed by atoms with E-state index >= 15 is 0 Å². The number of carbonyl (C=O) groups excluding carboxylic acids is 1. The maximum atomic E-state index is 12.0. The average molecular weight is 375 g/mol. The van der Waals surface area contributed by atoms with Crippen LogP contribution in [0.2, 0.25) is 0 Å². The Bertz CT molecular complexity index is 348. The van der Waals surface area contributed by atoms with Crippen LogP contribution >= 0.6 is 0 Å². The Balaban J connectivity index is 0.00000301. The average Bonchev–Trinajstić information content (AvgIpc) is 2.58. The van der Waals surface area contributed by atoms with Crippen LogP contribution < -0.4 is 5.32 Å². The molecule has 26 heavy (non-hydrogen) atoms. The molecule has 156 valence electrons. The fraction of sp³-hybridized carbons (Fsp3) is 0.950. The smallest absolute Gasteiger partial charge is 0.410 e. The molecule has 1 heterocycles. The van der Waals surface area contributed by atoms with Crippen molar-refractivity contribution >= 4 is 6.09 Å². The van der Waals surface area contributed by atoms with Crippen LogP contribution in [0, 0.1) is 5.92 Å².